The highest BCUT2D eigenvalue weighted by Gasteiger charge is 2.03. The zero-order valence-corrected chi connectivity index (χ0v) is 12.2. The van der Waals surface area contributed by atoms with Crippen molar-refractivity contribution in [2.45, 2.75) is 6.54 Å². The highest BCUT2D eigenvalue weighted by atomic mass is 79.9. The van der Waals surface area contributed by atoms with Gasteiger partial charge in [-0.05, 0) is 41.3 Å². The predicted octanol–water partition coefficient (Wildman–Crippen LogP) is 4.75. The number of anilines is 1. The van der Waals surface area contributed by atoms with E-state index >= 15 is 0 Å². The number of hydrogen-bond acceptors (Lipinski definition) is 2. The Morgan fingerprint density at radius 2 is 1.95 bits per heavy atom. The maximum Gasteiger partial charge on any atom is 0.147 e. The fraction of sp³-hybridized carbons (Fsp3) is 0.0625. The van der Waals surface area contributed by atoms with Crippen LogP contribution in [0, 0.1) is 5.82 Å². The molecule has 1 heterocycles. The molecule has 0 amide bonds. The van der Waals surface area contributed by atoms with Crippen LogP contribution in [-0.4, -0.2) is 4.98 Å². The number of halogens is 2. The van der Waals surface area contributed by atoms with Crippen LogP contribution in [-0.2, 0) is 6.54 Å². The van der Waals surface area contributed by atoms with Gasteiger partial charge in [-0.25, -0.2) is 4.39 Å². The van der Waals surface area contributed by atoms with Gasteiger partial charge in [-0.2, -0.15) is 0 Å². The molecule has 0 aliphatic carbocycles. The SMILES string of the molecule is Fc1cc(Br)ccc1NCc1ccc2cnccc2c1. The van der Waals surface area contributed by atoms with Crippen molar-refractivity contribution in [3.63, 3.8) is 0 Å². The van der Waals surface area contributed by atoms with Gasteiger partial charge in [0.25, 0.3) is 0 Å². The molecule has 0 aliphatic rings. The van der Waals surface area contributed by atoms with E-state index in [1.54, 1.807) is 12.3 Å². The summed E-state index contributed by atoms with van der Waals surface area (Å²) in [5.41, 5.74) is 1.61. The molecule has 0 atom stereocenters. The molecule has 0 saturated carbocycles. The van der Waals surface area contributed by atoms with Gasteiger partial charge in [0.05, 0.1) is 5.69 Å². The minimum absolute atomic E-state index is 0.260. The zero-order valence-electron chi connectivity index (χ0n) is 10.6. The lowest BCUT2D eigenvalue weighted by molar-refractivity contribution is 0.629. The van der Waals surface area contributed by atoms with Crippen molar-refractivity contribution in [2.24, 2.45) is 0 Å². The minimum Gasteiger partial charge on any atom is -0.379 e. The molecule has 100 valence electrons. The first kappa shape index (κ1) is 13.1. The average Bonchev–Trinajstić information content (AvgIpc) is 2.46. The van der Waals surface area contributed by atoms with Crippen LogP contribution in [0.3, 0.4) is 0 Å². The Hall–Kier alpha value is -1.94. The topological polar surface area (TPSA) is 24.9 Å². The molecule has 0 saturated heterocycles. The Morgan fingerprint density at radius 3 is 2.80 bits per heavy atom. The van der Waals surface area contributed by atoms with E-state index in [4.69, 9.17) is 0 Å². The third-order valence-corrected chi connectivity index (χ3v) is 3.61. The highest BCUT2D eigenvalue weighted by Crippen LogP contribution is 2.21. The molecule has 3 rings (SSSR count). The number of pyridine rings is 1. The molecule has 2 aromatic carbocycles. The highest BCUT2D eigenvalue weighted by molar-refractivity contribution is 9.10. The molecular formula is C16H12BrFN2. The molecule has 1 aromatic heterocycles. The minimum atomic E-state index is -0.260. The Balaban J connectivity index is 1.79. The molecule has 4 heteroatoms. The van der Waals surface area contributed by atoms with Gasteiger partial charge in [0.2, 0.25) is 0 Å². The number of benzene rings is 2. The summed E-state index contributed by atoms with van der Waals surface area (Å²) in [6.07, 6.45) is 3.61. The van der Waals surface area contributed by atoms with Crippen LogP contribution in [0.15, 0.2) is 59.3 Å². The fourth-order valence-electron chi connectivity index (χ4n) is 2.07. The van der Waals surface area contributed by atoms with E-state index in [0.29, 0.717) is 12.2 Å². The van der Waals surface area contributed by atoms with Gasteiger partial charge in [-0.1, -0.05) is 28.1 Å². The molecule has 1 N–H and O–H groups in total. The third-order valence-electron chi connectivity index (χ3n) is 3.12. The van der Waals surface area contributed by atoms with Crippen molar-refractivity contribution >= 4 is 32.4 Å². The molecule has 0 bridgehead atoms. The lowest BCUT2D eigenvalue weighted by atomic mass is 10.1. The van der Waals surface area contributed by atoms with Gasteiger partial charge in [0.15, 0.2) is 0 Å². The quantitative estimate of drug-likeness (QED) is 0.749. The Morgan fingerprint density at radius 1 is 1.05 bits per heavy atom. The zero-order chi connectivity index (χ0) is 13.9. The molecule has 3 aromatic rings. The van der Waals surface area contributed by atoms with Crippen molar-refractivity contribution < 1.29 is 4.39 Å². The number of nitrogens with one attached hydrogen (secondary N) is 1. The number of fused-ring (bicyclic) bond motifs is 1. The van der Waals surface area contributed by atoms with Gasteiger partial charge in [-0.3, -0.25) is 4.98 Å². The number of aromatic nitrogens is 1. The Labute approximate surface area is 124 Å². The van der Waals surface area contributed by atoms with Crippen molar-refractivity contribution in [1.82, 2.24) is 4.98 Å². The van der Waals surface area contributed by atoms with Crippen LogP contribution >= 0.6 is 15.9 Å². The van der Waals surface area contributed by atoms with E-state index in [2.05, 4.69) is 32.3 Å². The van der Waals surface area contributed by atoms with Gasteiger partial charge in [0.1, 0.15) is 5.82 Å². The Bertz CT molecular complexity index is 758. The summed E-state index contributed by atoms with van der Waals surface area (Å²) in [6.45, 7) is 0.580. The maximum atomic E-state index is 13.7. The van der Waals surface area contributed by atoms with E-state index in [9.17, 15) is 4.39 Å². The fourth-order valence-corrected chi connectivity index (χ4v) is 2.41. The third kappa shape index (κ3) is 2.80. The first-order valence-corrected chi connectivity index (χ1v) is 7.03. The normalized spacial score (nSPS) is 10.7. The standard InChI is InChI=1S/C16H12BrFN2/c17-14-3-4-16(15(18)8-14)20-9-11-1-2-13-10-19-6-5-12(13)7-11/h1-8,10,20H,9H2. The lowest BCUT2D eigenvalue weighted by Crippen LogP contribution is -2.01. The van der Waals surface area contributed by atoms with E-state index in [1.165, 1.54) is 6.07 Å². The largest absolute Gasteiger partial charge is 0.379 e. The smallest absolute Gasteiger partial charge is 0.147 e. The Kier molecular flexibility index (Phi) is 3.65. The van der Waals surface area contributed by atoms with E-state index < -0.39 is 0 Å². The summed E-state index contributed by atoms with van der Waals surface area (Å²) in [5.74, 6) is -0.260. The van der Waals surface area contributed by atoms with Crippen molar-refractivity contribution in [3.05, 3.63) is 70.7 Å². The van der Waals surface area contributed by atoms with Crippen molar-refractivity contribution in [2.75, 3.05) is 5.32 Å². The summed E-state index contributed by atoms with van der Waals surface area (Å²) in [4.78, 5) is 4.09. The lowest BCUT2D eigenvalue weighted by Gasteiger charge is -2.08. The molecule has 20 heavy (non-hydrogen) atoms. The summed E-state index contributed by atoms with van der Waals surface area (Å²) >= 11 is 3.25. The number of hydrogen-bond donors (Lipinski definition) is 1. The van der Waals surface area contributed by atoms with Gasteiger partial charge < -0.3 is 5.32 Å². The van der Waals surface area contributed by atoms with Crippen LogP contribution in [0.4, 0.5) is 10.1 Å². The van der Waals surface area contributed by atoms with Crippen LogP contribution in [0.2, 0.25) is 0 Å². The monoisotopic (exact) mass is 330 g/mol. The van der Waals surface area contributed by atoms with Crippen molar-refractivity contribution in [3.8, 4) is 0 Å². The second kappa shape index (κ2) is 5.59. The summed E-state index contributed by atoms with van der Waals surface area (Å²) in [7, 11) is 0. The van der Waals surface area contributed by atoms with Gasteiger partial charge >= 0.3 is 0 Å². The average molecular weight is 331 g/mol. The van der Waals surface area contributed by atoms with Crippen LogP contribution in [0.25, 0.3) is 10.8 Å². The second-order valence-corrected chi connectivity index (χ2v) is 5.45. The number of nitrogens with zero attached hydrogens (tertiary/aromatic N) is 1. The summed E-state index contributed by atoms with van der Waals surface area (Å²) < 4.78 is 14.4. The molecule has 0 fully saturated rings. The maximum absolute atomic E-state index is 13.7. The van der Waals surface area contributed by atoms with Gasteiger partial charge in [0, 0.05) is 28.8 Å². The molecule has 0 unspecified atom stereocenters. The van der Waals surface area contributed by atoms with Crippen LogP contribution in [0.1, 0.15) is 5.56 Å². The molecule has 0 radical (unpaired) electrons. The van der Waals surface area contributed by atoms with Crippen LogP contribution in [0.5, 0.6) is 0 Å². The predicted molar refractivity (Wildman–Crippen MR) is 83.2 cm³/mol. The summed E-state index contributed by atoms with van der Waals surface area (Å²) in [6, 6.07) is 13.1. The van der Waals surface area contributed by atoms with Crippen LogP contribution < -0.4 is 5.32 Å². The van der Waals surface area contributed by atoms with E-state index in [0.717, 1.165) is 20.8 Å². The molecule has 2 nitrogen and oxygen atoms in total. The first-order chi connectivity index (χ1) is 9.72. The van der Waals surface area contributed by atoms with E-state index in [-0.39, 0.29) is 5.82 Å². The molecule has 0 spiro atoms. The van der Waals surface area contributed by atoms with Crippen molar-refractivity contribution in [1.29, 1.82) is 0 Å². The number of rotatable bonds is 3. The van der Waals surface area contributed by atoms with E-state index in [1.807, 2.05) is 30.5 Å². The molecular weight excluding hydrogens is 319 g/mol. The van der Waals surface area contributed by atoms with Gasteiger partial charge in [-0.15, -0.1) is 0 Å². The summed E-state index contributed by atoms with van der Waals surface area (Å²) in [5, 5.41) is 5.35. The molecule has 0 aliphatic heterocycles. The first-order valence-electron chi connectivity index (χ1n) is 6.24. The second-order valence-electron chi connectivity index (χ2n) is 4.53.